The Balaban J connectivity index is 1.70. The van der Waals surface area contributed by atoms with Crippen LogP contribution in [0.25, 0.3) is 22.5 Å². The van der Waals surface area contributed by atoms with Crippen molar-refractivity contribution >= 4 is 35.2 Å². The average molecular weight is 588 g/mol. The second kappa shape index (κ2) is 16.2. The fourth-order valence-electron chi connectivity index (χ4n) is 3.74. The van der Waals surface area contributed by atoms with Gasteiger partial charge < -0.3 is 14.5 Å². The number of aromatic amines is 1. The molecule has 0 saturated carbocycles. The van der Waals surface area contributed by atoms with Gasteiger partial charge in [0, 0.05) is 35.6 Å². The molecule has 0 atom stereocenters. The molecule has 0 radical (unpaired) electrons. The molecule has 0 spiro atoms. The number of esters is 1. The zero-order chi connectivity index (χ0) is 28.7. The van der Waals surface area contributed by atoms with Gasteiger partial charge in [-0.1, -0.05) is 73.5 Å². The Morgan fingerprint density at radius 1 is 1.18 bits per heavy atom. The van der Waals surface area contributed by atoms with E-state index in [1.54, 1.807) is 4.90 Å². The van der Waals surface area contributed by atoms with E-state index in [2.05, 4.69) is 25.5 Å². The highest BCUT2D eigenvalue weighted by atomic mass is 35.5. The number of rotatable bonds is 16. The normalized spacial score (nSPS) is 11.2. The molecule has 1 aromatic heterocycles. The van der Waals surface area contributed by atoms with Crippen molar-refractivity contribution < 1.29 is 19.5 Å². The highest BCUT2D eigenvalue weighted by Crippen LogP contribution is 2.30. The number of carbonyl (C=O) groups is 1. The molecule has 0 aliphatic carbocycles. The summed E-state index contributed by atoms with van der Waals surface area (Å²) in [6.45, 7) is 2.32. The van der Waals surface area contributed by atoms with Gasteiger partial charge in [0.15, 0.2) is 0 Å². The summed E-state index contributed by atoms with van der Waals surface area (Å²) in [6.07, 6.45) is 2.15. The van der Waals surface area contributed by atoms with E-state index in [0.717, 1.165) is 40.6 Å². The summed E-state index contributed by atoms with van der Waals surface area (Å²) in [5.74, 6) is 0.921. The lowest BCUT2D eigenvalue weighted by Gasteiger charge is -2.26. The van der Waals surface area contributed by atoms with Crippen LogP contribution in [0.1, 0.15) is 31.7 Å². The van der Waals surface area contributed by atoms with Gasteiger partial charge in [-0.3, -0.25) is 5.41 Å². The number of thioether (sulfide) groups is 1. The summed E-state index contributed by atoms with van der Waals surface area (Å²) in [5.41, 5.74) is 4.80. The van der Waals surface area contributed by atoms with Crippen LogP contribution in [0.15, 0.2) is 59.8 Å². The van der Waals surface area contributed by atoms with Gasteiger partial charge in [-0.15, -0.1) is 20.3 Å². The smallest absolute Gasteiger partial charge is 0.355 e. The summed E-state index contributed by atoms with van der Waals surface area (Å²) < 4.78 is 5.38. The number of H-pyrrole nitrogens is 1. The molecule has 3 rings (SSSR count). The van der Waals surface area contributed by atoms with Gasteiger partial charge >= 0.3 is 5.97 Å². The lowest BCUT2D eigenvalue weighted by Crippen LogP contribution is -2.33. The zero-order valence-electron chi connectivity index (χ0n) is 21.9. The third-order valence-corrected chi connectivity index (χ3v) is 6.82. The van der Waals surface area contributed by atoms with Gasteiger partial charge in [0.25, 0.3) is 5.09 Å². The molecule has 2 N–H and O–H groups in total. The molecule has 212 valence electrons. The molecule has 12 nitrogen and oxygen atoms in total. The number of halogens is 1. The van der Waals surface area contributed by atoms with Crippen molar-refractivity contribution in [2.45, 2.75) is 32.7 Å². The van der Waals surface area contributed by atoms with E-state index in [1.807, 2.05) is 55.5 Å². The van der Waals surface area contributed by atoms with Crippen LogP contribution in [0.4, 0.5) is 0 Å². The van der Waals surface area contributed by atoms with Crippen molar-refractivity contribution in [2.75, 3.05) is 24.7 Å². The number of tetrazole rings is 1. The summed E-state index contributed by atoms with van der Waals surface area (Å²) >= 11 is 7.43. The van der Waals surface area contributed by atoms with E-state index in [-0.39, 0.29) is 31.3 Å². The van der Waals surface area contributed by atoms with E-state index < -0.39 is 11.1 Å². The molecule has 3 aromatic rings. The quantitative estimate of drug-likeness (QED) is 0.0440. The van der Waals surface area contributed by atoms with Crippen LogP contribution in [0.3, 0.4) is 0 Å². The van der Waals surface area contributed by atoms with Crippen LogP contribution in [0.5, 0.6) is 0 Å². The lowest BCUT2D eigenvalue weighted by atomic mass is 9.98. The topological polar surface area (TPSA) is 160 Å². The Bertz CT molecular complexity index is 1290. The number of nitrogens with one attached hydrogen (secondary N) is 2. The number of hydrogen-bond acceptors (Lipinski definition) is 10. The minimum absolute atomic E-state index is 0.0394. The molecule has 0 amide bonds. The maximum absolute atomic E-state index is 12.9. The summed E-state index contributed by atoms with van der Waals surface area (Å²) in [5, 5.41) is 32.3. The molecule has 0 bridgehead atoms. The Morgan fingerprint density at radius 2 is 1.90 bits per heavy atom. The van der Waals surface area contributed by atoms with Crippen LogP contribution < -0.4 is 0 Å². The van der Waals surface area contributed by atoms with Gasteiger partial charge in [-0.25, -0.2) is 4.79 Å². The second-order valence-electron chi connectivity index (χ2n) is 8.41. The standard InChI is InChI=1S/C26H30ClN7O5S/c1-2-3-8-24(28)33(23(17-27)26(35)38-13-15-40-16-14-39-34(36)37)18-19-9-11-20(12-10-19)21-6-4-5-7-22(21)25-29-31-32-30-25/h4-7,9-12,17,28H,2-3,8,13-16,18H2,1H3,(H,29,30,31,32)/b23-17+,28-24?. The molecule has 0 aliphatic rings. The van der Waals surface area contributed by atoms with E-state index in [0.29, 0.717) is 23.8 Å². The third-order valence-electron chi connectivity index (χ3n) is 5.70. The predicted molar refractivity (Wildman–Crippen MR) is 153 cm³/mol. The van der Waals surface area contributed by atoms with Crippen LogP contribution in [0.2, 0.25) is 0 Å². The first-order valence-electron chi connectivity index (χ1n) is 12.5. The monoisotopic (exact) mass is 587 g/mol. The highest BCUT2D eigenvalue weighted by molar-refractivity contribution is 7.99. The fourth-order valence-corrected chi connectivity index (χ4v) is 4.54. The van der Waals surface area contributed by atoms with E-state index in [4.69, 9.17) is 21.7 Å². The third kappa shape index (κ3) is 9.06. The van der Waals surface area contributed by atoms with Gasteiger partial charge in [0.05, 0.1) is 0 Å². The van der Waals surface area contributed by atoms with Crippen LogP contribution >= 0.6 is 23.4 Å². The zero-order valence-corrected chi connectivity index (χ0v) is 23.5. The molecule has 2 aromatic carbocycles. The number of benzene rings is 2. The molecular weight excluding hydrogens is 558 g/mol. The second-order valence-corrected chi connectivity index (χ2v) is 9.86. The largest absolute Gasteiger partial charge is 0.460 e. The summed E-state index contributed by atoms with van der Waals surface area (Å²) in [6, 6.07) is 15.5. The number of carbonyl (C=O) groups excluding carboxylic acids is 1. The molecule has 0 fully saturated rings. The number of nitrogens with zero attached hydrogens (tertiary/aromatic N) is 5. The van der Waals surface area contributed by atoms with Gasteiger partial charge in [0.1, 0.15) is 24.7 Å². The van der Waals surface area contributed by atoms with Crippen LogP contribution in [-0.2, 0) is 20.9 Å². The van der Waals surface area contributed by atoms with Crippen molar-refractivity contribution in [3.05, 3.63) is 75.4 Å². The number of ether oxygens (including phenoxy) is 1. The number of amidine groups is 1. The Labute approximate surface area is 240 Å². The van der Waals surface area contributed by atoms with Crippen LogP contribution in [-0.4, -0.2) is 67.1 Å². The molecule has 1 heterocycles. The number of hydrogen-bond donors (Lipinski definition) is 2. The van der Waals surface area contributed by atoms with Crippen molar-refractivity contribution in [3.8, 4) is 22.5 Å². The predicted octanol–water partition coefficient (Wildman–Crippen LogP) is 5.07. The maximum Gasteiger partial charge on any atom is 0.355 e. The Morgan fingerprint density at radius 3 is 2.55 bits per heavy atom. The van der Waals surface area contributed by atoms with E-state index in [1.165, 1.54) is 11.8 Å². The first-order chi connectivity index (χ1) is 19.4. The van der Waals surface area contributed by atoms with Gasteiger partial charge in [-0.2, -0.15) is 17.0 Å². The maximum atomic E-state index is 12.9. The molecule has 0 unspecified atom stereocenters. The average Bonchev–Trinajstić information content (AvgIpc) is 3.50. The van der Waals surface area contributed by atoms with Crippen LogP contribution in [0, 0.1) is 15.5 Å². The minimum atomic E-state index is -0.844. The summed E-state index contributed by atoms with van der Waals surface area (Å²) in [7, 11) is 0. The van der Waals surface area contributed by atoms with Gasteiger partial charge in [-0.05, 0) is 28.3 Å². The first-order valence-corrected chi connectivity index (χ1v) is 14.1. The SMILES string of the molecule is CCCCC(=N)N(Cc1ccc(-c2ccccc2-c2nn[nH]n2)cc1)/C(=C/Cl)C(=O)OCCSCCO[N+](=O)[O-]. The highest BCUT2D eigenvalue weighted by Gasteiger charge is 2.23. The van der Waals surface area contributed by atoms with Crippen molar-refractivity contribution in [3.63, 3.8) is 0 Å². The molecule has 0 saturated heterocycles. The van der Waals surface area contributed by atoms with E-state index in [9.17, 15) is 14.9 Å². The van der Waals surface area contributed by atoms with Crippen molar-refractivity contribution in [1.29, 1.82) is 5.41 Å². The number of unbranched alkanes of at least 4 members (excludes halogenated alkanes) is 1. The fraction of sp³-hybridized carbons (Fsp3) is 0.346. The van der Waals surface area contributed by atoms with Gasteiger partial charge in [0.2, 0.25) is 5.82 Å². The Hall–Kier alpha value is -3.97. The Kier molecular flexibility index (Phi) is 12.4. The summed E-state index contributed by atoms with van der Waals surface area (Å²) in [4.78, 5) is 28.9. The van der Waals surface area contributed by atoms with Crippen molar-refractivity contribution in [1.82, 2.24) is 25.5 Å². The number of aromatic nitrogens is 4. The molecular formula is C26H30ClN7O5S. The van der Waals surface area contributed by atoms with Crippen molar-refractivity contribution in [2.24, 2.45) is 0 Å². The molecule has 40 heavy (non-hydrogen) atoms. The first kappa shape index (κ1) is 30.6. The minimum Gasteiger partial charge on any atom is -0.460 e. The molecule has 14 heteroatoms. The van der Waals surface area contributed by atoms with E-state index >= 15 is 0 Å². The lowest BCUT2D eigenvalue weighted by molar-refractivity contribution is -0.756. The molecule has 0 aliphatic heterocycles.